The standard InChI is InChI=1S/C25H24FN7O3/c1-3-33-22(27)20(24(35)28-2)21(34)16-7-9-18(31-23(16)33)15-6-8-19(17(26)11-15)32-25(36)30-13-14-5-4-10-29-12-14/h4-12H,3,13,27H2,1-2H3,(H,28,35)(H2,30,32,36). The van der Waals surface area contributed by atoms with E-state index in [9.17, 15) is 18.8 Å². The fourth-order valence-corrected chi connectivity index (χ4v) is 3.78. The van der Waals surface area contributed by atoms with Crippen molar-refractivity contribution in [2.24, 2.45) is 0 Å². The molecule has 0 bridgehead atoms. The minimum atomic E-state index is -0.659. The molecule has 0 saturated heterocycles. The van der Waals surface area contributed by atoms with Crippen LogP contribution in [0, 0.1) is 5.82 Å². The van der Waals surface area contributed by atoms with Gasteiger partial charge in [0.05, 0.1) is 16.8 Å². The molecular formula is C25H24FN7O3. The number of rotatable bonds is 6. The van der Waals surface area contributed by atoms with Crippen molar-refractivity contribution in [3.05, 3.63) is 82.0 Å². The number of urea groups is 1. The topological polar surface area (TPSA) is 144 Å². The number of nitrogens with two attached hydrogens (primary N) is 1. The molecule has 36 heavy (non-hydrogen) atoms. The van der Waals surface area contributed by atoms with Gasteiger partial charge in [0.2, 0.25) is 5.43 Å². The third-order valence-electron chi connectivity index (χ3n) is 5.61. The van der Waals surface area contributed by atoms with Gasteiger partial charge < -0.3 is 26.3 Å². The Bertz CT molecular complexity index is 1520. The Morgan fingerprint density at radius 2 is 1.97 bits per heavy atom. The zero-order valence-corrected chi connectivity index (χ0v) is 19.6. The third-order valence-corrected chi connectivity index (χ3v) is 5.61. The summed E-state index contributed by atoms with van der Waals surface area (Å²) in [7, 11) is 1.42. The number of hydrogen-bond donors (Lipinski definition) is 4. The van der Waals surface area contributed by atoms with Gasteiger partial charge in [-0.2, -0.15) is 0 Å². The number of aryl methyl sites for hydroxylation is 1. The lowest BCUT2D eigenvalue weighted by atomic mass is 10.1. The van der Waals surface area contributed by atoms with E-state index in [0.717, 1.165) is 5.56 Å². The molecule has 5 N–H and O–H groups in total. The zero-order chi connectivity index (χ0) is 25.8. The number of halogens is 1. The number of aromatic nitrogens is 3. The van der Waals surface area contributed by atoms with E-state index in [1.54, 1.807) is 35.2 Å². The summed E-state index contributed by atoms with van der Waals surface area (Å²) in [5.74, 6) is -1.24. The van der Waals surface area contributed by atoms with E-state index in [0.29, 0.717) is 17.8 Å². The molecule has 184 valence electrons. The summed E-state index contributed by atoms with van der Waals surface area (Å²) in [5.41, 5.74) is 7.35. The highest BCUT2D eigenvalue weighted by Gasteiger charge is 2.21. The number of benzene rings is 1. The van der Waals surface area contributed by atoms with Gasteiger partial charge in [-0.15, -0.1) is 0 Å². The molecule has 0 spiro atoms. The first kappa shape index (κ1) is 24.3. The van der Waals surface area contributed by atoms with Crippen LogP contribution in [0.3, 0.4) is 0 Å². The van der Waals surface area contributed by atoms with Crippen molar-refractivity contribution in [3.8, 4) is 11.3 Å². The van der Waals surface area contributed by atoms with Crippen LogP contribution in [-0.2, 0) is 13.1 Å². The number of hydrogen-bond acceptors (Lipinski definition) is 6. The van der Waals surface area contributed by atoms with Crippen molar-refractivity contribution in [3.63, 3.8) is 0 Å². The van der Waals surface area contributed by atoms with Crippen molar-refractivity contribution in [2.45, 2.75) is 20.0 Å². The molecule has 3 aromatic heterocycles. The monoisotopic (exact) mass is 489 g/mol. The van der Waals surface area contributed by atoms with E-state index in [4.69, 9.17) is 5.73 Å². The Labute approximate surface area is 205 Å². The normalized spacial score (nSPS) is 10.8. The molecule has 0 fully saturated rings. The van der Waals surface area contributed by atoms with Crippen molar-refractivity contribution in [1.29, 1.82) is 0 Å². The van der Waals surface area contributed by atoms with E-state index in [1.165, 1.54) is 25.2 Å². The van der Waals surface area contributed by atoms with Gasteiger partial charge in [0, 0.05) is 38.1 Å². The average molecular weight is 490 g/mol. The quantitative estimate of drug-likeness (QED) is 0.328. The predicted octanol–water partition coefficient (Wildman–Crippen LogP) is 2.88. The van der Waals surface area contributed by atoms with Crippen LogP contribution in [0.1, 0.15) is 22.8 Å². The molecule has 0 atom stereocenters. The highest BCUT2D eigenvalue weighted by Crippen LogP contribution is 2.26. The minimum absolute atomic E-state index is 0.00187. The van der Waals surface area contributed by atoms with Crippen LogP contribution in [0.5, 0.6) is 0 Å². The van der Waals surface area contributed by atoms with Gasteiger partial charge in [-0.3, -0.25) is 14.6 Å². The largest absolute Gasteiger partial charge is 0.384 e. The summed E-state index contributed by atoms with van der Waals surface area (Å²) in [6.07, 6.45) is 3.25. The first-order valence-electron chi connectivity index (χ1n) is 11.1. The van der Waals surface area contributed by atoms with Gasteiger partial charge in [0.15, 0.2) is 0 Å². The molecule has 0 radical (unpaired) electrons. The second-order valence-corrected chi connectivity index (χ2v) is 7.84. The maximum atomic E-state index is 14.8. The molecule has 0 aliphatic carbocycles. The lowest BCUT2D eigenvalue weighted by Crippen LogP contribution is -2.30. The Balaban J connectivity index is 1.61. The Morgan fingerprint density at radius 1 is 1.17 bits per heavy atom. The first-order valence-corrected chi connectivity index (χ1v) is 11.1. The van der Waals surface area contributed by atoms with Crippen molar-refractivity contribution in [1.82, 2.24) is 25.2 Å². The Morgan fingerprint density at radius 3 is 2.64 bits per heavy atom. The van der Waals surface area contributed by atoms with Gasteiger partial charge in [-0.1, -0.05) is 12.1 Å². The predicted molar refractivity (Wildman–Crippen MR) is 135 cm³/mol. The van der Waals surface area contributed by atoms with Gasteiger partial charge in [0.25, 0.3) is 5.91 Å². The maximum absolute atomic E-state index is 14.8. The molecule has 4 aromatic rings. The number of anilines is 2. The summed E-state index contributed by atoms with van der Waals surface area (Å²) < 4.78 is 16.4. The molecule has 0 aliphatic heterocycles. The Hall–Kier alpha value is -4.80. The maximum Gasteiger partial charge on any atom is 0.319 e. The van der Waals surface area contributed by atoms with Gasteiger partial charge >= 0.3 is 6.03 Å². The number of pyridine rings is 3. The molecule has 0 saturated carbocycles. The van der Waals surface area contributed by atoms with E-state index < -0.39 is 23.2 Å². The van der Waals surface area contributed by atoms with Crippen LogP contribution in [0.4, 0.5) is 20.7 Å². The fraction of sp³-hybridized carbons (Fsp3) is 0.160. The van der Waals surface area contributed by atoms with Gasteiger partial charge in [-0.25, -0.2) is 14.2 Å². The van der Waals surface area contributed by atoms with Crippen molar-refractivity contribution < 1.29 is 14.0 Å². The summed E-state index contributed by atoms with van der Waals surface area (Å²) in [5, 5.41) is 7.76. The number of nitrogens with one attached hydrogen (secondary N) is 3. The van der Waals surface area contributed by atoms with Crippen molar-refractivity contribution >= 4 is 34.5 Å². The molecule has 11 heteroatoms. The van der Waals surface area contributed by atoms with E-state index >= 15 is 0 Å². The van der Waals surface area contributed by atoms with Gasteiger partial charge in [0.1, 0.15) is 22.8 Å². The van der Waals surface area contributed by atoms with Crippen LogP contribution >= 0.6 is 0 Å². The second-order valence-electron chi connectivity index (χ2n) is 7.84. The highest BCUT2D eigenvalue weighted by molar-refractivity contribution is 6.01. The molecule has 3 heterocycles. The molecule has 1 aromatic carbocycles. The van der Waals surface area contributed by atoms with Crippen LogP contribution in [0.25, 0.3) is 22.3 Å². The van der Waals surface area contributed by atoms with Crippen LogP contribution < -0.4 is 27.1 Å². The number of nitrogens with zero attached hydrogens (tertiary/aromatic N) is 3. The molecule has 10 nitrogen and oxygen atoms in total. The van der Waals surface area contributed by atoms with E-state index in [2.05, 4.69) is 25.9 Å². The van der Waals surface area contributed by atoms with E-state index in [1.807, 2.05) is 13.0 Å². The van der Waals surface area contributed by atoms with Crippen molar-refractivity contribution in [2.75, 3.05) is 18.1 Å². The molecule has 3 amide bonds. The number of fused-ring (bicyclic) bond motifs is 1. The SMILES string of the molecule is CCn1c(N)c(C(=O)NC)c(=O)c2ccc(-c3ccc(NC(=O)NCc4cccnc4)c(F)c3)nc21. The lowest BCUT2D eigenvalue weighted by molar-refractivity contribution is 0.0962. The molecular weight excluding hydrogens is 465 g/mol. The minimum Gasteiger partial charge on any atom is -0.384 e. The molecule has 0 unspecified atom stereocenters. The third kappa shape index (κ3) is 4.71. The highest BCUT2D eigenvalue weighted by atomic mass is 19.1. The lowest BCUT2D eigenvalue weighted by Gasteiger charge is -2.15. The molecule has 4 rings (SSSR count). The number of carbonyl (C=O) groups is 2. The zero-order valence-electron chi connectivity index (χ0n) is 19.6. The summed E-state index contributed by atoms with van der Waals surface area (Å²) >= 11 is 0. The fourth-order valence-electron chi connectivity index (χ4n) is 3.78. The second kappa shape index (κ2) is 10.2. The van der Waals surface area contributed by atoms with Crippen LogP contribution in [0.2, 0.25) is 0 Å². The average Bonchev–Trinajstić information content (AvgIpc) is 2.89. The summed E-state index contributed by atoms with van der Waals surface area (Å²) in [6, 6.07) is 10.4. The van der Waals surface area contributed by atoms with Crippen LogP contribution in [-0.4, -0.2) is 33.5 Å². The summed E-state index contributed by atoms with van der Waals surface area (Å²) in [6.45, 7) is 2.40. The molecule has 0 aliphatic rings. The number of carbonyl (C=O) groups excluding carboxylic acids is 2. The summed E-state index contributed by atoms with van der Waals surface area (Å²) in [4.78, 5) is 45.8. The van der Waals surface area contributed by atoms with Crippen LogP contribution in [0.15, 0.2) is 59.7 Å². The van der Waals surface area contributed by atoms with E-state index in [-0.39, 0.29) is 34.6 Å². The number of nitrogen functional groups attached to an aromatic ring is 1. The first-order chi connectivity index (χ1) is 17.3. The smallest absolute Gasteiger partial charge is 0.319 e. The van der Waals surface area contributed by atoms with Gasteiger partial charge in [-0.05, 0) is 42.8 Å². The number of amides is 3. The Kier molecular flexibility index (Phi) is 6.91.